The summed E-state index contributed by atoms with van der Waals surface area (Å²) in [4.78, 5) is 0. The second-order valence-corrected chi connectivity index (χ2v) is 7.37. The Balaban J connectivity index is -0.00000180. The zero-order chi connectivity index (χ0) is 14.9. The van der Waals surface area contributed by atoms with E-state index < -0.39 is 0 Å². The van der Waals surface area contributed by atoms with Crippen LogP contribution in [-0.2, 0) is 0 Å². The van der Waals surface area contributed by atoms with Crippen molar-refractivity contribution in [3.8, 4) is 0 Å². The summed E-state index contributed by atoms with van der Waals surface area (Å²) in [5.74, 6) is 1.19. The summed E-state index contributed by atoms with van der Waals surface area (Å²) < 4.78 is 1.01. The number of nitrogens with one attached hydrogen (secondary N) is 1. The van der Waals surface area contributed by atoms with Gasteiger partial charge in [-0.2, -0.15) is 0 Å². The molecule has 0 rings (SSSR count). The van der Waals surface area contributed by atoms with E-state index in [1.54, 1.807) is 0 Å². The van der Waals surface area contributed by atoms with Gasteiger partial charge in [-0.05, 0) is 12.8 Å². The van der Waals surface area contributed by atoms with E-state index in [1.165, 1.54) is 82.8 Å². The summed E-state index contributed by atoms with van der Waals surface area (Å²) in [6.07, 6.45) is 16.3. The Bertz CT molecular complexity index is 199. The van der Waals surface area contributed by atoms with Crippen molar-refractivity contribution in [2.45, 2.75) is 90.9 Å². The van der Waals surface area contributed by atoms with Crippen LogP contribution in [0.2, 0.25) is 0 Å². The molecule has 0 bridgehead atoms. The van der Waals surface area contributed by atoms with Gasteiger partial charge in [0.05, 0.1) is 0 Å². The van der Waals surface area contributed by atoms with E-state index in [1.807, 2.05) is 11.8 Å². The molecule has 4 heteroatoms. The Hall–Kier alpha value is 1.88. The van der Waals surface area contributed by atoms with Crippen LogP contribution in [0.1, 0.15) is 92.3 Å². The van der Waals surface area contributed by atoms with Crippen LogP contribution in [0.25, 0.3) is 0 Å². The maximum atomic E-state index is 5.35. The van der Waals surface area contributed by atoms with Crippen LogP contribution < -0.4 is 56.7 Å². The molecule has 0 unspecified atom stereocenters. The van der Waals surface area contributed by atoms with Crippen LogP contribution in [0.15, 0.2) is 0 Å². The molecule has 21 heavy (non-hydrogen) atoms. The van der Waals surface area contributed by atoms with E-state index in [0.717, 1.165) is 10.9 Å². The minimum atomic E-state index is 0. The molecule has 1 N–H and O–H groups in total. The molecule has 0 aromatic rings. The largest absolute Gasteiger partial charge is 1.00 e. The molecule has 1 nitrogen and oxygen atoms in total. The fourth-order valence-electron chi connectivity index (χ4n) is 2.19. The van der Waals surface area contributed by atoms with Gasteiger partial charge in [0.2, 0.25) is 0 Å². The Morgan fingerprint density at radius 3 is 1.86 bits per heavy atom. The van der Waals surface area contributed by atoms with Gasteiger partial charge in [0.15, 0.2) is 0 Å². The summed E-state index contributed by atoms with van der Waals surface area (Å²) in [5, 5.41) is 3.38. The zero-order valence-electron chi connectivity index (χ0n) is 15.7. The van der Waals surface area contributed by atoms with Gasteiger partial charge in [-0.15, -0.1) is 0 Å². The van der Waals surface area contributed by atoms with Crippen LogP contribution in [-0.4, -0.2) is 16.6 Å². The number of thioether (sulfide) groups is 1. The molecule has 0 aliphatic heterocycles. The number of rotatable bonds is 14. The molecular weight excluding hydrogens is 321 g/mol. The normalized spacial score (nSPS) is 10.2. The van der Waals surface area contributed by atoms with Crippen LogP contribution in [0, 0.1) is 0 Å². The minimum absolute atomic E-state index is 0. The summed E-state index contributed by atoms with van der Waals surface area (Å²) in [7, 11) is 0. The predicted octanol–water partition coefficient (Wildman–Crippen LogP) is 3.43. The summed E-state index contributed by atoms with van der Waals surface area (Å²) >= 11 is 7.18. The van der Waals surface area contributed by atoms with E-state index in [9.17, 15) is 0 Å². The summed E-state index contributed by atoms with van der Waals surface area (Å²) in [6.45, 7) is 5.60. The molecular formula is C17H36KNS2. The maximum Gasteiger partial charge on any atom is 1.00 e. The topological polar surface area (TPSA) is 12.0 Å². The first-order chi connectivity index (χ1) is 9.81. The van der Waals surface area contributed by atoms with Gasteiger partial charge in [0.1, 0.15) is 4.32 Å². The standard InChI is InChI=1S/C17H35NS2.K.H/c1-3-5-7-9-11-13-15-18-17(19)20-16-14-12-10-8-6-4-2;;/h3-16H2,1-2H3,(H,18,19);;/q;+1;-1. The first kappa shape index (κ1) is 25.1. The average Bonchev–Trinajstić information content (AvgIpc) is 2.45. The fraction of sp³-hybridized carbons (Fsp3) is 0.941. The van der Waals surface area contributed by atoms with E-state index in [4.69, 9.17) is 12.2 Å². The Kier molecular flexibility index (Phi) is 26.2. The molecule has 0 heterocycles. The molecule has 0 atom stereocenters. The van der Waals surface area contributed by atoms with E-state index in [-0.39, 0.29) is 52.8 Å². The van der Waals surface area contributed by atoms with Gasteiger partial charge >= 0.3 is 51.4 Å². The quantitative estimate of drug-likeness (QED) is 0.291. The second kappa shape index (κ2) is 21.9. The first-order valence-corrected chi connectivity index (χ1v) is 10.1. The van der Waals surface area contributed by atoms with Crippen molar-refractivity contribution >= 4 is 28.3 Å². The zero-order valence-corrected chi connectivity index (χ0v) is 19.5. The molecule has 0 aliphatic carbocycles. The minimum Gasteiger partial charge on any atom is -1.00 e. The number of hydrogen-bond acceptors (Lipinski definition) is 2. The number of hydrogen-bond donors (Lipinski definition) is 1. The number of unbranched alkanes of at least 4 members (excludes halogenated alkanes) is 10. The Morgan fingerprint density at radius 2 is 1.29 bits per heavy atom. The van der Waals surface area contributed by atoms with Crippen molar-refractivity contribution in [3.63, 3.8) is 0 Å². The molecule has 0 fully saturated rings. The van der Waals surface area contributed by atoms with Crippen LogP contribution in [0.4, 0.5) is 0 Å². The monoisotopic (exact) mass is 357 g/mol. The third kappa shape index (κ3) is 21.9. The smallest absolute Gasteiger partial charge is 1.00 e. The SMILES string of the molecule is CCCCCCCCNC(=S)SCCCCCCCC.[H-].[K+]. The maximum absolute atomic E-state index is 5.35. The van der Waals surface area contributed by atoms with E-state index in [0.29, 0.717) is 0 Å². The molecule has 0 aliphatic rings. The fourth-order valence-corrected chi connectivity index (χ4v) is 3.28. The van der Waals surface area contributed by atoms with E-state index in [2.05, 4.69) is 19.2 Å². The third-order valence-electron chi connectivity index (χ3n) is 3.53. The van der Waals surface area contributed by atoms with Crippen LogP contribution in [0.3, 0.4) is 0 Å². The van der Waals surface area contributed by atoms with Crippen LogP contribution >= 0.6 is 24.0 Å². The molecule has 0 saturated heterocycles. The van der Waals surface area contributed by atoms with Crippen molar-refractivity contribution in [1.29, 1.82) is 0 Å². The molecule has 0 saturated carbocycles. The Labute approximate surface area is 187 Å². The van der Waals surface area contributed by atoms with Crippen molar-refractivity contribution in [2.75, 3.05) is 12.3 Å². The molecule has 0 aromatic heterocycles. The van der Waals surface area contributed by atoms with Crippen molar-refractivity contribution in [2.24, 2.45) is 0 Å². The summed E-state index contributed by atoms with van der Waals surface area (Å²) in [5.41, 5.74) is 0. The van der Waals surface area contributed by atoms with Crippen LogP contribution in [0.5, 0.6) is 0 Å². The van der Waals surface area contributed by atoms with Crippen molar-refractivity contribution < 1.29 is 52.8 Å². The van der Waals surface area contributed by atoms with Gasteiger partial charge in [-0.25, -0.2) is 0 Å². The van der Waals surface area contributed by atoms with Crippen molar-refractivity contribution in [1.82, 2.24) is 5.32 Å². The number of thiocarbonyl (C=S) groups is 1. The Morgan fingerprint density at radius 1 is 0.810 bits per heavy atom. The van der Waals surface area contributed by atoms with E-state index >= 15 is 0 Å². The molecule has 0 radical (unpaired) electrons. The van der Waals surface area contributed by atoms with Gasteiger partial charge in [0.25, 0.3) is 0 Å². The van der Waals surface area contributed by atoms with Gasteiger partial charge in [-0.3, -0.25) is 0 Å². The molecule has 122 valence electrons. The van der Waals surface area contributed by atoms with Gasteiger partial charge in [0, 0.05) is 12.3 Å². The predicted molar refractivity (Wildman–Crippen MR) is 101 cm³/mol. The average molecular weight is 358 g/mol. The molecule has 0 aromatic carbocycles. The second-order valence-electron chi connectivity index (χ2n) is 5.60. The van der Waals surface area contributed by atoms with Crippen molar-refractivity contribution in [3.05, 3.63) is 0 Å². The molecule has 0 spiro atoms. The van der Waals surface area contributed by atoms with Gasteiger partial charge < -0.3 is 6.74 Å². The van der Waals surface area contributed by atoms with Gasteiger partial charge in [-0.1, -0.05) is 102 Å². The summed E-state index contributed by atoms with van der Waals surface area (Å²) in [6, 6.07) is 0. The third-order valence-corrected chi connectivity index (χ3v) is 4.93. The first-order valence-electron chi connectivity index (χ1n) is 8.71. The molecule has 0 amide bonds.